The molecule has 0 radical (unpaired) electrons. The Bertz CT molecular complexity index is 1380. The SMILES string of the molecule is CCOC(=O)Cn1c(=NC(=O)CN2C(=O)c3ccccc3C2=O)sc2cc(C(=O)OC)ccc21. The molecule has 3 amide bonds. The molecule has 3 aromatic rings. The molecule has 0 unspecified atom stereocenters. The summed E-state index contributed by atoms with van der Waals surface area (Å²) in [6, 6.07) is 11.0. The van der Waals surface area contributed by atoms with Crippen molar-refractivity contribution in [2.24, 2.45) is 4.99 Å². The Kier molecular flexibility index (Phi) is 6.37. The largest absolute Gasteiger partial charge is 0.465 e. The molecule has 0 atom stereocenters. The minimum absolute atomic E-state index is 0.159. The minimum Gasteiger partial charge on any atom is -0.465 e. The second-order valence-corrected chi connectivity index (χ2v) is 8.21. The fourth-order valence-electron chi connectivity index (χ4n) is 3.55. The van der Waals surface area contributed by atoms with E-state index in [1.807, 2.05) is 0 Å². The van der Waals surface area contributed by atoms with E-state index in [1.165, 1.54) is 29.9 Å². The molecule has 0 fully saturated rings. The van der Waals surface area contributed by atoms with Crippen LogP contribution in [0.1, 0.15) is 38.0 Å². The first kappa shape index (κ1) is 23.1. The Morgan fingerprint density at radius 1 is 1.00 bits per heavy atom. The van der Waals surface area contributed by atoms with E-state index in [0.29, 0.717) is 15.8 Å². The first-order valence-corrected chi connectivity index (χ1v) is 11.1. The molecular formula is C23H19N3O7S. The third-order valence-corrected chi connectivity index (χ3v) is 6.13. The Hall–Kier alpha value is -4.12. The van der Waals surface area contributed by atoms with Crippen molar-refractivity contribution < 1.29 is 33.4 Å². The van der Waals surface area contributed by atoms with E-state index >= 15 is 0 Å². The zero-order chi connectivity index (χ0) is 24.4. The van der Waals surface area contributed by atoms with Crippen molar-refractivity contribution in [2.75, 3.05) is 20.3 Å². The molecule has 174 valence electrons. The topological polar surface area (TPSA) is 124 Å². The predicted octanol–water partition coefficient (Wildman–Crippen LogP) is 1.78. The fraction of sp³-hybridized carbons (Fsp3) is 0.217. The summed E-state index contributed by atoms with van der Waals surface area (Å²) in [5, 5.41) is 0. The molecular weight excluding hydrogens is 462 g/mol. The summed E-state index contributed by atoms with van der Waals surface area (Å²) in [5.74, 6) is -2.95. The number of hydrogen-bond donors (Lipinski definition) is 0. The van der Waals surface area contributed by atoms with E-state index in [0.717, 1.165) is 16.2 Å². The van der Waals surface area contributed by atoms with Gasteiger partial charge in [0.25, 0.3) is 17.7 Å². The highest BCUT2D eigenvalue weighted by Gasteiger charge is 2.36. The van der Waals surface area contributed by atoms with Crippen LogP contribution in [0.3, 0.4) is 0 Å². The summed E-state index contributed by atoms with van der Waals surface area (Å²) in [7, 11) is 1.26. The molecule has 0 aliphatic carbocycles. The molecule has 2 heterocycles. The first-order chi connectivity index (χ1) is 16.3. The van der Waals surface area contributed by atoms with E-state index in [9.17, 15) is 24.0 Å². The average molecular weight is 481 g/mol. The van der Waals surface area contributed by atoms with Crippen molar-refractivity contribution in [2.45, 2.75) is 13.5 Å². The number of imide groups is 1. The number of carbonyl (C=O) groups excluding carboxylic acids is 5. The number of benzene rings is 2. The molecule has 2 aromatic carbocycles. The van der Waals surface area contributed by atoms with Gasteiger partial charge >= 0.3 is 11.9 Å². The highest BCUT2D eigenvalue weighted by atomic mass is 32.1. The van der Waals surface area contributed by atoms with E-state index in [2.05, 4.69) is 4.99 Å². The molecule has 1 aromatic heterocycles. The molecule has 0 saturated heterocycles. The lowest BCUT2D eigenvalue weighted by Gasteiger charge is -2.10. The average Bonchev–Trinajstić information content (AvgIpc) is 3.28. The molecule has 34 heavy (non-hydrogen) atoms. The molecule has 0 saturated carbocycles. The van der Waals surface area contributed by atoms with E-state index in [4.69, 9.17) is 9.47 Å². The number of aromatic nitrogens is 1. The summed E-state index contributed by atoms with van der Waals surface area (Å²) in [6.07, 6.45) is 0. The third-order valence-electron chi connectivity index (χ3n) is 5.09. The van der Waals surface area contributed by atoms with Crippen LogP contribution in [0.2, 0.25) is 0 Å². The molecule has 1 aliphatic rings. The number of methoxy groups -OCH3 is 1. The first-order valence-electron chi connectivity index (χ1n) is 10.2. The summed E-state index contributed by atoms with van der Waals surface area (Å²) in [6.45, 7) is 1.09. The normalized spacial score (nSPS) is 13.4. The van der Waals surface area contributed by atoms with Crippen molar-refractivity contribution in [3.63, 3.8) is 0 Å². The molecule has 10 nitrogen and oxygen atoms in total. The van der Waals surface area contributed by atoms with Crippen molar-refractivity contribution in [1.82, 2.24) is 9.47 Å². The van der Waals surface area contributed by atoms with Crippen LogP contribution in [0.5, 0.6) is 0 Å². The van der Waals surface area contributed by atoms with Gasteiger partial charge in [-0.25, -0.2) is 4.79 Å². The van der Waals surface area contributed by atoms with Gasteiger partial charge in [-0.1, -0.05) is 23.5 Å². The number of carbonyl (C=O) groups is 5. The number of esters is 2. The van der Waals surface area contributed by atoms with Crippen LogP contribution in [0.4, 0.5) is 0 Å². The number of ether oxygens (including phenoxy) is 2. The van der Waals surface area contributed by atoms with Crippen LogP contribution in [-0.2, 0) is 25.6 Å². The van der Waals surface area contributed by atoms with Gasteiger partial charge in [-0.2, -0.15) is 4.99 Å². The quantitative estimate of drug-likeness (QED) is 0.388. The van der Waals surface area contributed by atoms with Gasteiger partial charge in [0, 0.05) is 0 Å². The lowest BCUT2D eigenvalue weighted by Crippen LogP contribution is -2.35. The number of fused-ring (bicyclic) bond motifs is 2. The lowest BCUT2D eigenvalue weighted by atomic mass is 10.1. The second-order valence-electron chi connectivity index (χ2n) is 7.20. The summed E-state index contributed by atoms with van der Waals surface area (Å²) in [4.78, 5) is 67.0. The fourth-order valence-corrected chi connectivity index (χ4v) is 4.64. The van der Waals surface area contributed by atoms with Crippen molar-refractivity contribution in [1.29, 1.82) is 0 Å². The van der Waals surface area contributed by atoms with Gasteiger partial charge in [0.2, 0.25) is 0 Å². The number of rotatable bonds is 6. The number of amides is 3. The zero-order valence-corrected chi connectivity index (χ0v) is 19.1. The maximum Gasteiger partial charge on any atom is 0.337 e. The summed E-state index contributed by atoms with van der Waals surface area (Å²) < 4.78 is 11.8. The van der Waals surface area contributed by atoms with Crippen LogP contribution in [0.25, 0.3) is 10.2 Å². The van der Waals surface area contributed by atoms with E-state index in [1.54, 1.807) is 31.2 Å². The standard InChI is InChI=1S/C23H19N3O7S/c1-3-33-19(28)12-25-16-9-8-13(22(31)32-2)10-17(16)34-23(25)24-18(27)11-26-20(29)14-6-4-5-7-15(14)21(26)30/h4-10H,3,11-12H2,1-2H3. The molecule has 0 N–H and O–H groups in total. The summed E-state index contributed by atoms with van der Waals surface area (Å²) >= 11 is 1.07. The predicted molar refractivity (Wildman–Crippen MR) is 120 cm³/mol. The van der Waals surface area contributed by atoms with Gasteiger partial charge in [0.05, 0.1) is 40.6 Å². The van der Waals surface area contributed by atoms with Crippen LogP contribution >= 0.6 is 11.3 Å². The van der Waals surface area contributed by atoms with Crippen molar-refractivity contribution >= 4 is 51.2 Å². The Morgan fingerprint density at radius 3 is 2.29 bits per heavy atom. The number of hydrogen-bond acceptors (Lipinski definition) is 8. The highest BCUT2D eigenvalue weighted by Crippen LogP contribution is 2.23. The van der Waals surface area contributed by atoms with E-state index < -0.39 is 36.2 Å². The van der Waals surface area contributed by atoms with Crippen LogP contribution < -0.4 is 4.80 Å². The highest BCUT2D eigenvalue weighted by molar-refractivity contribution is 7.16. The Morgan fingerprint density at radius 2 is 1.68 bits per heavy atom. The van der Waals surface area contributed by atoms with Gasteiger partial charge in [0.15, 0.2) is 4.80 Å². The molecule has 0 spiro atoms. The maximum atomic E-state index is 12.8. The zero-order valence-electron chi connectivity index (χ0n) is 18.3. The van der Waals surface area contributed by atoms with Crippen LogP contribution in [0.15, 0.2) is 47.5 Å². The summed E-state index contributed by atoms with van der Waals surface area (Å²) in [5.41, 5.74) is 1.31. The Balaban J connectivity index is 1.70. The molecule has 11 heteroatoms. The van der Waals surface area contributed by atoms with Crippen molar-refractivity contribution in [3.05, 3.63) is 64.0 Å². The van der Waals surface area contributed by atoms with Crippen molar-refractivity contribution in [3.8, 4) is 0 Å². The maximum absolute atomic E-state index is 12.8. The Labute approximate surface area is 197 Å². The van der Waals surface area contributed by atoms with Gasteiger partial charge in [-0.05, 0) is 37.3 Å². The smallest absolute Gasteiger partial charge is 0.337 e. The second kappa shape index (κ2) is 9.40. The molecule has 1 aliphatic heterocycles. The lowest BCUT2D eigenvalue weighted by molar-refractivity contribution is -0.143. The number of thiazole rings is 1. The van der Waals surface area contributed by atoms with Crippen LogP contribution in [0, 0.1) is 0 Å². The monoisotopic (exact) mass is 481 g/mol. The molecule has 0 bridgehead atoms. The molecule has 4 rings (SSSR count). The van der Waals surface area contributed by atoms with Gasteiger partial charge < -0.3 is 14.0 Å². The van der Waals surface area contributed by atoms with Gasteiger partial charge in [-0.15, -0.1) is 0 Å². The van der Waals surface area contributed by atoms with E-state index in [-0.39, 0.29) is 29.1 Å². The van der Waals surface area contributed by atoms with Gasteiger partial charge in [0.1, 0.15) is 13.1 Å². The number of nitrogens with zero attached hydrogens (tertiary/aromatic N) is 3. The third kappa shape index (κ3) is 4.25. The minimum atomic E-state index is -0.744. The van der Waals surface area contributed by atoms with Gasteiger partial charge in [-0.3, -0.25) is 24.1 Å². The van der Waals surface area contributed by atoms with Crippen LogP contribution in [-0.4, -0.2) is 59.4 Å².